The Balaban J connectivity index is 1.97. The van der Waals surface area contributed by atoms with Gasteiger partial charge in [-0.1, -0.05) is 0 Å². The maximum atomic E-state index is 13.6. The van der Waals surface area contributed by atoms with Crippen LogP contribution in [0, 0.1) is 17.5 Å². The van der Waals surface area contributed by atoms with Crippen molar-refractivity contribution >= 4 is 5.78 Å². The zero-order chi connectivity index (χ0) is 16.1. The summed E-state index contributed by atoms with van der Waals surface area (Å²) in [5.74, 6) is -2.49. The monoisotopic (exact) mass is 310 g/mol. The van der Waals surface area contributed by atoms with Gasteiger partial charge in [0.15, 0.2) is 5.78 Å². The molecule has 0 aliphatic rings. The average Bonchev–Trinajstić information content (AvgIpc) is 2.44. The molecule has 0 saturated carbocycles. The van der Waals surface area contributed by atoms with Crippen molar-refractivity contribution in [2.45, 2.75) is 6.92 Å². The van der Waals surface area contributed by atoms with E-state index in [1.54, 1.807) is 0 Å². The summed E-state index contributed by atoms with van der Waals surface area (Å²) in [6.07, 6.45) is 0. The molecule has 22 heavy (non-hydrogen) atoms. The Bertz CT molecular complexity index is 669. The van der Waals surface area contributed by atoms with Crippen LogP contribution in [0.25, 0.3) is 0 Å². The summed E-state index contributed by atoms with van der Waals surface area (Å²) in [4.78, 5) is 11.4. The minimum absolute atomic E-state index is 0.0272. The first kappa shape index (κ1) is 15.9. The topological polar surface area (TPSA) is 35.5 Å². The maximum Gasteiger partial charge on any atom is 0.166 e. The first-order valence-corrected chi connectivity index (χ1v) is 6.48. The Labute approximate surface area is 125 Å². The second-order valence-corrected chi connectivity index (χ2v) is 4.47. The van der Waals surface area contributed by atoms with Gasteiger partial charge in [0.05, 0.1) is 5.56 Å². The lowest BCUT2D eigenvalue weighted by Gasteiger charge is -2.11. The number of halogens is 3. The van der Waals surface area contributed by atoms with E-state index in [0.29, 0.717) is 11.8 Å². The highest BCUT2D eigenvalue weighted by Gasteiger charge is 2.16. The van der Waals surface area contributed by atoms with Crippen LogP contribution >= 0.6 is 0 Å². The molecule has 3 nitrogen and oxygen atoms in total. The Morgan fingerprint density at radius 1 is 0.955 bits per heavy atom. The fourth-order valence-corrected chi connectivity index (χ4v) is 1.85. The van der Waals surface area contributed by atoms with Gasteiger partial charge in [-0.25, -0.2) is 13.2 Å². The summed E-state index contributed by atoms with van der Waals surface area (Å²) < 4.78 is 49.9. The zero-order valence-corrected chi connectivity index (χ0v) is 11.7. The number of hydrogen-bond acceptors (Lipinski definition) is 3. The van der Waals surface area contributed by atoms with Gasteiger partial charge in [0, 0.05) is 12.1 Å². The summed E-state index contributed by atoms with van der Waals surface area (Å²) in [6, 6.07) is 6.94. The van der Waals surface area contributed by atoms with Crippen LogP contribution in [0.15, 0.2) is 36.4 Å². The molecule has 2 aromatic carbocycles. The van der Waals surface area contributed by atoms with Gasteiger partial charge in [0.2, 0.25) is 0 Å². The van der Waals surface area contributed by atoms with Crippen LogP contribution in [0.1, 0.15) is 17.3 Å². The molecule has 0 aliphatic carbocycles. The van der Waals surface area contributed by atoms with Crippen molar-refractivity contribution in [1.29, 1.82) is 0 Å². The number of ketones is 1. The third-order valence-electron chi connectivity index (χ3n) is 2.79. The van der Waals surface area contributed by atoms with E-state index in [1.165, 1.54) is 24.3 Å². The Morgan fingerprint density at radius 2 is 1.59 bits per heavy atom. The van der Waals surface area contributed by atoms with Crippen LogP contribution in [0.2, 0.25) is 0 Å². The predicted molar refractivity (Wildman–Crippen MR) is 73.8 cm³/mol. The first-order valence-electron chi connectivity index (χ1n) is 6.48. The molecule has 6 heteroatoms. The number of carbonyl (C=O) groups is 1. The van der Waals surface area contributed by atoms with Crippen molar-refractivity contribution in [2.24, 2.45) is 0 Å². The minimum atomic E-state index is -0.970. The molecule has 0 spiro atoms. The third kappa shape index (κ3) is 4.00. The van der Waals surface area contributed by atoms with Gasteiger partial charge in [-0.3, -0.25) is 4.79 Å². The second-order valence-electron chi connectivity index (χ2n) is 4.47. The van der Waals surface area contributed by atoms with Crippen LogP contribution in [0.5, 0.6) is 11.5 Å². The quantitative estimate of drug-likeness (QED) is 0.602. The van der Waals surface area contributed by atoms with Gasteiger partial charge in [-0.05, 0) is 31.2 Å². The molecule has 0 fully saturated rings. The van der Waals surface area contributed by atoms with Crippen molar-refractivity contribution < 1.29 is 27.4 Å². The molecule has 0 atom stereocenters. The second kappa shape index (κ2) is 6.98. The van der Waals surface area contributed by atoms with Crippen molar-refractivity contribution in [1.82, 2.24) is 0 Å². The Morgan fingerprint density at radius 3 is 2.23 bits per heavy atom. The molecule has 116 valence electrons. The van der Waals surface area contributed by atoms with E-state index in [1.807, 2.05) is 0 Å². The first-order chi connectivity index (χ1) is 10.5. The normalized spacial score (nSPS) is 10.4. The third-order valence-corrected chi connectivity index (χ3v) is 2.79. The molecule has 0 amide bonds. The van der Waals surface area contributed by atoms with E-state index in [9.17, 15) is 18.0 Å². The van der Waals surface area contributed by atoms with Crippen LogP contribution in [0.4, 0.5) is 13.2 Å². The molecule has 0 bridgehead atoms. The Hall–Kier alpha value is -2.50. The van der Waals surface area contributed by atoms with Gasteiger partial charge in [-0.15, -0.1) is 0 Å². The zero-order valence-electron chi connectivity index (χ0n) is 11.7. The number of ether oxygens (including phenoxy) is 2. The fraction of sp³-hybridized carbons (Fsp3) is 0.188. The van der Waals surface area contributed by atoms with Gasteiger partial charge in [-0.2, -0.15) is 0 Å². The highest BCUT2D eigenvalue weighted by atomic mass is 19.1. The molecule has 0 saturated heterocycles. The average molecular weight is 310 g/mol. The smallest absolute Gasteiger partial charge is 0.166 e. The van der Waals surface area contributed by atoms with Crippen molar-refractivity contribution in [3.8, 4) is 11.5 Å². The Kier molecular flexibility index (Phi) is 5.04. The highest BCUT2D eigenvalue weighted by molar-refractivity contribution is 5.97. The fourth-order valence-electron chi connectivity index (χ4n) is 1.85. The maximum absolute atomic E-state index is 13.6. The minimum Gasteiger partial charge on any atom is -0.490 e. The van der Waals surface area contributed by atoms with Crippen molar-refractivity contribution in [3.63, 3.8) is 0 Å². The molecule has 0 N–H and O–H groups in total. The number of benzene rings is 2. The lowest BCUT2D eigenvalue weighted by molar-refractivity contribution is 0.100. The van der Waals surface area contributed by atoms with Crippen LogP contribution < -0.4 is 9.47 Å². The molecular formula is C16H13F3O3. The molecule has 0 heterocycles. The number of Topliss-reactive ketones (excluding diaryl/α,β-unsaturated/α-hetero) is 1. The standard InChI is InChI=1S/C16H13F3O3/c1-10(20)16-14(19)8-12(18)9-15(16)22-7-6-21-13-4-2-11(17)3-5-13/h2-5,8-9H,6-7H2,1H3. The lowest BCUT2D eigenvalue weighted by atomic mass is 10.1. The van der Waals surface area contributed by atoms with Crippen LogP contribution in [0.3, 0.4) is 0 Å². The van der Waals surface area contributed by atoms with E-state index < -0.39 is 17.4 Å². The number of rotatable bonds is 6. The molecular weight excluding hydrogens is 297 g/mol. The van der Waals surface area contributed by atoms with Gasteiger partial charge in [0.1, 0.15) is 42.2 Å². The van der Waals surface area contributed by atoms with Gasteiger partial charge in [0.25, 0.3) is 0 Å². The van der Waals surface area contributed by atoms with Crippen molar-refractivity contribution in [2.75, 3.05) is 13.2 Å². The highest BCUT2D eigenvalue weighted by Crippen LogP contribution is 2.24. The summed E-state index contributed by atoms with van der Waals surface area (Å²) >= 11 is 0. The lowest BCUT2D eigenvalue weighted by Crippen LogP contribution is -2.12. The molecule has 2 rings (SSSR count). The summed E-state index contributed by atoms with van der Waals surface area (Å²) in [5.41, 5.74) is -0.303. The van der Waals surface area contributed by atoms with E-state index in [0.717, 1.165) is 13.0 Å². The molecule has 0 radical (unpaired) electrons. The van der Waals surface area contributed by atoms with E-state index in [2.05, 4.69) is 0 Å². The molecule has 2 aromatic rings. The van der Waals surface area contributed by atoms with Crippen molar-refractivity contribution in [3.05, 3.63) is 59.4 Å². The molecule has 0 aromatic heterocycles. The summed E-state index contributed by atoms with van der Waals surface area (Å²) in [6.45, 7) is 1.21. The predicted octanol–water partition coefficient (Wildman–Crippen LogP) is 3.76. The summed E-state index contributed by atoms with van der Waals surface area (Å²) in [7, 11) is 0. The SMILES string of the molecule is CC(=O)c1c(F)cc(F)cc1OCCOc1ccc(F)cc1. The van der Waals surface area contributed by atoms with Gasteiger partial charge >= 0.3 is 0 Å². The van der Waals surface area contributed by atoms with E-state index in [4.69, 9.17) is 9.47 Å². The largest absolute Gasteiger partial charge is 0.490 e. The summed E-state index contributed by atoms with van der Waals surface area (Å²) in [5, 5.41) is 0. The van der Waals surface area contributed by atoms with Crippen LogP contribution in [-0.4, -0.2) is 19.0 Å². The number of hydrogen-bond donors (Lipinski definition) is 0. The van der Waals surface area contributed by atoms with Crippen LogP contribution in [-0.2, 0) is 0 Å². The van der Waals surface area contributed by atoms with E-state index in [-0.39, 0.29) is 30.3 Å². The number of carbonyl (C=O) groups excluding carboxylic acids is 1. The molecule has 0 unspecified atom stereocenters. The van der Waals surface area contributed by atoms with E-state index >= 15 is 0 Å². The molecule has 0 aliphatic heterocycles. The van der Waals surface area contributed by atoms with Gasteiger partial charge < -0.3 is 9.47 Å².